The summed E-state index contributed by atoms with van der Waals surface area (Å²) in [6, 6.07) is 7.46. The summed E-state index contributed by atoms with van der Waals surface area (Å²) in [5.74, 6) is -0.469. The summed E-state index contributed by atoms with van der Waals surface area (Å²) >= 11 is 0. The van der Waals surface area contributed by atoms with Gasteiger partial charge in [-0.1, -0.05) is 38.1 Å². The molecule has 0 spiro atoms. The topological polar surface area (TPSA) is 69.6 Å². The number of aliphatic hydroxyl groups excluding tert-OH is 1. The van der Waals surface area contributed by atoms with Crippen LogP contribution in [0.4, 0.5) is 0 Å². The van der Waals surface area contributed by atoms with Gasteiger partial charge in [0.25, 0.3) is 0 Å². The third kappa shape index (κ3) is 4.13. The number of hydrogen-bond acceptors (Lipinski definition) is 3. The molecule has 1 aromatic rings. The van der Waals surface area contributed by atoms with Gasteiger partial charge >= 0.3 is 5.97 Å². The van der Waals surface area contributed by atoms with Crippen LogP contribution in [0.2, 0.25) is 0 Å². The molecule has 0 aromatic heterocycles. The molecule has 0 radical (unpaired) electrons. The second kappa shape index (κ2) is 6.52. The number of carboxylic acid groups (broad SMARTS) is 1. The molecule has 0 fully saturated rings. The number of carbonyl (C=O) groups is 1. The van der Waals surface area contributed by atoms with Crippen LogP contribution < -0.4 is 5.32 Å². The number of hydrogen-bond donors (Lipinski definition) is 3. The van der Waals surface area contributed by atoms with E-state index in [0.29, 0.717) is 5.92 Å². The van der Waals surface area contributed by atoms with Gasteiger partial charge in [-0.2, -0.15) is 0 Å². The van der Waals surface area contributed by atoms with Crippen molar-refractivity contribution < 1.29 is 15.0 Å². The lowest BCUT2D eigenvalue weighted by molar-refractivity contribution is -0.136. The molecule has 0 aliphatic heterocycles. The van der Waals surface area contributed by atoms with Crippen LogP contribution in [-0.4, -0.2) is 28.8 Å². The molecule has 0 bridgehead atoms. The third-order valence-corrected chi connectivity index (χ3v) is 2.99. The Morgan fingerprint density at radius 2 is 1.67 bits per heavy atom. The maximum absolute atomic E-state index is 10.4. The normalized spacial score (nSPS) is 14.5. The second-order valence-electron chi connectivity index (χ2n) is 4.83. The summed E-state index contributed by atoms with van der Waals surface area (Å²) in [5, 5.41) is 21.4. The van der Waals surface area contributed by atoms with Crippen LogP contribution in [0.1, 0.15) is 43.9 Å². The number of nitrogens with one attached hydrogen (secondary N) is 1. The van der Waals surface area contributed by atoms with E-state index in [0.717, 1.165) is 5.56 Å². The summed E-state index contributed by atoms with van der Waals surface area (Å²) in [4.78, 5) is 10.4. The molecule has 0 aliphatic rings. The molecule has 18 heavy (non-hydrogen) atoms. The standard InChI is InChI=1S/C14H21NO3/c1-9(2)11-4-6-12(7-5-11)14(18)10(3)15-8-13(16)17/h4-7,9-10,14-15,18H,8H2,1-3H3,(H,16,17). The van der Waals surface area contributed by atoms with Crippen molar-refractivity contribution in [1.82, 2.24) is 5.32 Å². The molecular formula is C14H21NO3. The Bertz CT molecular complexity index is 387. The van der Waals surface area contributed by atoms with E-state index in [1.165, 1.54) is 5.56 Å². The van der Waals surface area contributed by atoms with E-state index in [9.17, 15) is 9.90 Å². The summed E-state index contributed by atoms with van der Waals surface area (Å²) in [5.41, 5.74) is 2.02. The molecule has 4 nitrogen and oxygen atoms in total. The van der Waals surface area contributed by atoms with Crippen LogP contribution >= 0.6 is 0 Å². The number of aliphatic carboxylic acids is 1. The van der Waals surface area contributed by atoms with Crippen molar-refractivity contribution in [3.63, 3.8) is 0 Å². The van der Waals surface area contributed by atoms with Crippen LogP contribution in [0.5, 0.6) is 0 Å². The Labute approximate surface area is 108 Å². The fourth-order valence-corrected chi connectivity index (χ4v) is 1.73. The zero-order valence-corrected chi connectivity index (χ0v) is 11.1. The van der Waals surface area contributed by atoms with Gasteiger partial charge in [-0.3, -0.25) is 4.79 Å². The van der Waals surface area contributed by atoms with Gasteiger partial charge in [-0.15, -0.1) is 0 Å². The molecule has 100 valence electrons. The minimum Gasteiger partial charge on any atom is -0.480 e. The lowest BCUT2D eigenvalue weighted by atomic mass is 9.98. The molecule has 3 N–H and O–H groups in total. The zero-order chi connectivity index (χ0) is 13.7. The average Bonchev–Trinajstić information content (AvgIpc) is 2.35. The number of rotatable bonds is 6. The van der Waals surface area contributed by atoms with Gasteiger partial charge in [0.05, 0.1) is 12.6 Å². The fraction of sp³-hybridized carbons (Fsp3) is 0.500. The molecular weight excluding hydrogens is 230 g/mol. The molecule has 4 heteroatoms. The first-order valence-corrected chi connectivity index (χ1v) is 6.15. The monoisotopic (exact) mass is 251 g/mol. The summed E-state index contributed by atoms with van der Waals surface area (Å²) in [6.45, 7) is 5.84. The number of carboxylic acids is 1. The van der Waals surface area contributed by atoms with Gasteiger partial charge < -0.3 is 15.5 Å². The van der Waals surface area contributed by atoms with Gasteiger partial charge in [-0.05, 0) is 24.0 Å². The third-order valence-electron chi connectivity index (χ3n) is 2.99. The lowest BCUT2D eigenvalue weighted by Gasteiger charge is -2.20. The van der Waals surface area contributed by atoms with Crippen molar-refractivity contribution in [2.75, 3.05) is 6.54 Å². The van der Waals surface area contributed by atoms with Crippen molar-refractivity contribution >= 4 is 5.97 Å². The molecule has 0 amide bonds. The highest BCUT2D eigenvalue weighted by molar-refractivity contribution is 5.69. The lowest BCUT2D eigenvalue weighted by Crippen LogP contribution is -2.35. The van der Waals surface area contributed by atoms with Crippen LogP contribution in [0.3, 0.4) is 0 Å². The van der Waals surface area contributed by atoms with Crippen molar-refractivity contribution in [2.45, 2.75) is 38.8 Å². The molecule has 0 aliphatic carbocycles. The minimum absolute atomic E-state index is 0.150. The van der Waals surface area contributed by atoms with Gasteiger partial charge in [0.2, 0.25) is 0 Å². The summed E-state index contributed by atoms with van der Waals surface area (Å²) < 4.78 is 0. The van der Waals surface area contributed by atoms with Crippen molar-refractivity contribution in [3.8, 4) is 0 Å². The predicted octanol–water partition coefficient (Wildman–Crippen LogP) is 1.91. The average molecular weight is 251 g/mol. The number of benzene rings is 1. The second-order valence-corrected chi connectivity index (χ2v) is 4.83. The minimum atomic E-state index is -0.927. The molecule has 0 saturated carbocycles. The van der Waals surface area contributed by atoms with E-state index in [-0.39, 0.29) is 12.6 Å². The van der Waals surface area contributed by atoms with E-state index < -0.39 is 12.1 Å². The zero-order valence-electron chi connectivity index (χ0n) is 11.1. The maximum Gasteiger partial charge on any atom is 0.317 e. The van der Waals surface area contributed by atoms with Gasteiger partial charge in [0, 0.05) is 6.04 Å². The largest absolute Gasteiger partial charge is 0.480 e. The molecule has 2 unspecified atom stereocenters. The smallest absolute Gasteiger partial charge is 0.317 e. The number of aliphatic hydroxyl groups is 1. The Balaban J connectivity index is 2.65. The van der Waals surface area contributed by atoms with E-state index in [2.05, 4.69) is 19.2 Å². The molecule has 2 atom stereocenters. The maximum atomic E-state index is 10.4. The van der Waals surface area contributed by atoms with Crippen molar-refractivity contribution in [3.05, 3.63) is 35.4 Å². The van der Waals surface area contributed by atoms with Gasteiger partial charge in [-0.25, -0.2) is 0 Å². The van der Waals surface area contributed by atoms with E-state index in [1.807, 2.05) is 24.3 Å². The van der Waals surface area contributed by atoms with Crippen LogP contribution in [0.25, 0.3) is 0 Å². The highest BCUT2D eigenvalue weighted by Crippen LogP contribution is 2.20. The van der Waals surface area contributed by atoms with Crippen LogP contribution in [0.15, 0.2) is 24.3 Å². The first-order valence-electron chi connectivity index (χ1n) is 6.15. The Morgan fingerprint density at radius 1 is 1.17 bits per heavy atom. The Morgan fingerprint density at radius 3 is 2.11 bits per heavy atom. The first kappa shape index (κ1) is 14.7. The van der Waals surface area contributed by atoms with E-state index in [1.54, 1.807) is 6.92 Å². The first-order chi connectivity index (χ1) is 8.41. The van der Waals surface area contributed by atoms with Gasteiger partial charge in [0.15, 0.2) is 0 Å². The quantitative estimate of drug-likeness (QED) is 0.722. The van der Waals surface area contributed by atoms with E-state index in [4.69, 9.17) is 5.11 Å². The van der Waals surface area contributed by atoms with Gasteiger partial charge in [0.1, 0.15) is 0 Å². The highest BCUT2D eigenvalue weighted by atomic mass is 16.4. The molecule has 1 aromatic carbocycles. The molecule has 0 saturated heterocycles. The summed E-state index contributed by atoms with van der Waals surface area (Å²) in [7, 11) is 0. The van der Waals surface area contributed by atoms with Crippen LogP contribution in [0, 0.1) is 0 Å². The van der Waals surface area contributed by atoms with Crippen LogP contribution in [-0.2, 0) is 4.79 Å². The molecule has 0 heterocycles. The van der Waals surface area contributed by atoms with E-state index >= 15 is 0 Å². The highest BCUT2D eigenvalue weighted by Gasteiger charge is 2.16. The predicted molar refractivity (Wildman–Crippen MR) is 70.6 cm³/mol. The fourth-order valence-electron chi connectivity index (χ4n) is 1.73. The summed E-state index contributed by atoms with van der Waals surface area (Å²) in [6.07, 6.45) is -0.703. The SMILES string of the molecule is CC(C)c1ccc(C(O)C(C)NCC(=O)O)cc1. The Hall–Kier alpha value is -1.39. The van der Waals surface area contributed by atoms with Crippen molar-refractivity contribution in [2.24, 2.45) is 0 Å². The Kier molecular flexibility index (Phi) is 5.31. The van der Waals surface area contributed by atoms with Crippen molar-refractivity contribution in [1.29, 1.82) is 0 Å². The molecule has 1 rings (SSSR count).